The first kappa shape index (κ1) is 15.0. The topological polar surface area (TPSA) is 58.4 Å². The molecule has 2 aromatic rings. The average Bonchev–Trinajstić information content (AvgIpc) is 2.94. The third kappa shape index (κ3) is 3.37. The van der Waals surface area contributed by atoms with E-state index in [-0.39, 0.29) is 11.9 Å². The van der Waals surface area contributed by atoms with E-state index in [9.17, 15) is 4.79 Å². The highest BCUT2D eigenvalue weighted by atomic mass is 32.1. The molecule has 0 fully saturated rings. The second kappa shape index (κ2) is 6.37. The SMILES string of the molecule is Cc1nc2sccn2c1CNC(C)C(=O)NCC(C)C. The van der Waals surface area contributed by atoms with E-state index in [0.29, 0.717) is 19.0 Å². The van der Waals surface area contributed by atoms with Crippen molar-refractivity contribution in [1.29, 1.82) is 0 Å². The zero-order chi connectivity index (χ0) is 14.7. The Kier molecular flexibility index (Phi) is 4.77. The Morgan fingerprint density at radius 2 is 2.20 bits per heavy atom. The Balaban J connectivity index is 1.92. The summed E-state index contributed by atoms with van der Waals surface area (Å²) in [5.41, 5.74) is 2.13. The molecule has 2 rings (SSSR count). The number of carbonyl (C=O) groups excluding carboxylic acids is 1. The van der Waals surface area contributed by atoms with Gasteiger partial charge in [-0.25, -0.2) is 4.98 Å². The van der Waals surface area contributed by atoms with E-state index in [4.69, 9.17) is 0 Å². The van der Waals surface area contributed by atoms with E-state index in [2.05, 4.69) is 33.9 Å². The number of imidazole rings is 1. The van der Waals surface area contributed by atoms with Gasteiger partial charge < -0.3 is 10.6 Å². The van der Waals surface area contributed by atoms with Crippen molar-refractivity contribution in [2.75, 3.05) is 6.54 Å². The van der Waals surface area contributed by atoms with Gasteiger partial charge >= 0.3 is 0 Å². The van der Waals surface area contributed by atoms with Crippen molar-refractivity contribution in [2.24, 2.45) is 5.92 Å². The lowest BCUT2D eigenvalue weighted by Gasteiger charge is -2.15. The molecule has 1 amide bonds. The number of carbonyl (C=O) groups is 1. The molecular formula is C14H22N4OS. The summed E-state index contributed by atoms with van der Waals surface area (Å²) in [4.78, 5) is 17.4. The highest BCUT2D eigenvalue weighted by Crippen LogP contribution is 2.16. The Morgan fingerprint density at radius 3 is 2.90 bits per heavy atom. The van der Waals surface area contributed by atoms with Crippen LogP contribution in [0.4, 0.5) is 0 Å². The number of amides is 1. The molecule has 0 aromatic carbocycles. The van der Waals surface area contributed by atoms with Gasteiger partial charge in [0.05, 0.1) is 17.4 Å². The molecule has 1 unspecified atom stereocenters. The highest BCUT2D eigenvalue weighted by molar-refractivity contribution is 7.15. The van der Waals surface area contributed by atoms with Crippen LogP contribution in [-0.4, -0.2) is 27.9 Å². The number of aryl methyl sites for hydroxylation is 1. The fourth-order valence-corrected chi connectivity index (χ4v) is 2.73. The van der Waals surface area contributed by atoms with Crippen molar-refractivity contribution in [2.45, 2.75) is 40.3 Å². The number of hydrogen-bond donors (Lipinski definition) is 2. The van der Waals surface area contributed by atoms with Crippen LogP contribution in [0.25, 0.3) is 4.96 Å². The summed E-state index contributed by atoms with van der Waals surface area (Å²) in [6, 6.07) is -0.211. The largest absolute Gasteiger partial charge is 0.354 e. The molecule has 0 radical (unpaired) electrons. The van der Waals surface area contributed by atoms with Gasteiger partial charge in [0.2, 0.25) is 5.91 Å². The molecule has 6 heteroatoms. The van der Waals surface area contributed by atoms with Crippen LogP contribution in [0.1, 0.15) is 32.2 Å². The Hall–Kier alpha value is -1.40. The van der Waals surface area contributed by atoms with Gasteiger partial charge in [-0.2, -0.15) is 0 Å². The summed E-state index contributed by atoms with van der Waals surface area (Å²) >= 11 is 1.62. The molecule has 0 aliphatic carbocycles. The fourth-order valence-electron chi connectivity index (χ4n) is 1.95. The highest BCUT2D eigenvalue weighted by Gasteiger charge is 2.15. The third-order valence-corrected chi connectivity index (χ3v) is 3.97. The fraction of sp³-hybridized carbons (Fsp3) is 0.571. The minimum atomic E-state index is -0.211. The average molecular weight is 294 g/mol. The minimum absolute atomic E-state index is 0.0439. The van der Waals surface area contributed by atoms with Crippen molar-refractivity contribution >= 4 is 22.2 Å². The lowest BCUT2D eigenvalue weighted by Crippen LogP contribution is -2.43. The molecule has 0 saturated heterocycles. The summed E-state index contributed by atoms with van der Waals surface area (Å²) in [5.74, 6) is 0.510. The van der Waals surface area contributed by atoms with E-state index < -0.39 is 0 Å². The molecule has 2 heterocycles. The molecule has 2 N–H and O–H groups in total. The van der Waals surface area contributed by atoms with E-state index in [1.807, 2.05) is 25.4 Å². The van der Waals surface area contributed by atoms with Gasteiger partial charge in [0.1, 0.15) is 0 Å². The number of rotatable bonds is 6. The van der Waals surface area contributed by atoms with Crippen molar-refractivity contribution in [1.82, 2.24) is 20.0 Å². The molecule has 1 atom stereocenters. The molecule has 0 saturated carbocycles. The number of thiazole rings is 1. The smallest absolute Gasteiger partial charge is 0.236 e. The van der Waals surface area contributed by atoms with Gasteiger partial charge in [0, 0.05) is 24.7 Å². The molecule has 110 valence electrons. The standard InChI is InChI=1S/C14H22N4OS/c1-9(2)7-16-13(19)11(4)15-8-12-10(3)17-14-18(12)5-6-20-14/h5-6,9,11,15H,7-8H2,1-4H3,(H,16,19). The van der Waals surface area contributed by atoms with Crippen molar-refractivity contribution in [3.8, 4) is 0 Å². The van der Waals surface area contributed by atoms with Gasteiger partial charge in [-0.1, -0.05) is 13.8 Å². The lowest BCUT2D eigenvalue weighted by atomic mass is 10.2. The molecule has 5 nitrogen and oxygen atoms in total. The van der Waals surface area contributed by atoms with Gasteiger partial charge in [-0.3, -0.25) is 9.20 Å². The second-order valence-corrected chi connectivity index (χ2v) is 6.31. The predicted octanol–water partition coefficient (Wildman–Crippen LogP) is 1.95. The zero-order valence-electron chi connectivity index (χ0n) is 12.4. The maximum absolute atomic E-state index is 11.9. The van der Waals surface area contributed by atoms with Crippen LogP contribution >= 0.6 is 11.3 Å². The number of fused-ring (bicyclic) bond motifs is 1. The quantitative estimate of drug-likeness (QED) is 0.856. The first-order valence-corrected chi connectivity index (χ1v) is 7.79. The van der Waals surface area contributed by atoms with E-state index in [0.717, 1.165) is 16.3 Å². The van der Waals surface area contributed by atoms with Crippen LogP contribution in [-0.2, 0) is 11.3 Å². The molecule has 20 heavy (non-hydrogen) atoms. The van der Waals surface area contributed by atoms with Crippen molar-refractivity contribution < 1.29 is 4.79 Å². The van der Waals surface area contributed by atoms with Crippen LogP contribution in [0.5, 0.6) is 0 Å². The number of hydrogen-bond acceptors (Lipinski definition) is 4. The summed E-state index contributed by atoms with van der Waals surface area (Å²) in [7, 11) is 0. The maximum atomic E-state index is 11.9. The number of nitrogens with one attached hydrogen (secondary N) is 2. The minimum Gasteiger partial charge on any atom is -0.354 e. The summed E-state index contributed by atoms with van der Waals surface area (Å²) in [6.45, 7) is 9.41. The number of aromatic nitrogens is 2. The molecule has 0 bridgehead atoms. The Morgan fingerprint density at radius 1 is 1.45 bits per heavy atom. The third-order valence-electron chi connectivity index (χ3n) is 3.21. The number of nitrogens with zero attached hydrogens (tertiary/aromatic N) is 2. The lowest BCUT2D eigenvalue weighted by molar-refractivity contribution is -0.122. The van der Waals surface area contributed by atoms with E-state index in [1.54, 1.807) is 11.3 Å². The van der Waals surface area contributed by atoms with Gasteiger partial charge in [0.15, 0.2) is 4.96 Å². The van der Waals surface area contributed by atoms with Crippen molar-refractivity contribution in [3.63, 3.8) is 0 Å². The predicted molar refractivity (Wildman–Crippen MR) is 82.0 cm³/mol. The summed E-state index contributed by atoms with van der Waals surface area (Å²) < 4.78 is 2.08. The second-order valence-electron chi connectivity index (χ2n) is 5.44. The first-order chi connectivity index (χ1) is 9.49. The molecular weight excluding hydrogens is 272 g/mol. The molecule has 0 aliphatic heterocycles. The van der Waals surface area contributed by atoms with Gasteiger partial charge in [-0.05, 0) is 19.8 Å². The molecule has 0 spiro atoms. The Bertz CT molecular complexity index is 587. The van der Waals surface area contributed by atoms with Crippen LogP contribution in [0.15, 0.2) is 11.6 Å². The van der Waals surface area contributed by atoms with Crippen LogP contribution < -0.4 is 10.6 Å². The molecule has 0 aliphatic rings. The summed E-state index contributed by atoms with van der Waals surface area (Å²) in [5, 5.41) is 8.22. The maximum Gasteiger partial charge on any atom is 0.236 e. The molecule has 2 aromatic heterocycles. The van der Waals surface area contributed by atoms with Gasteiger partial charge in [-0.15, -0.1) is 11.3 Å². The monoisotopic (exact) mass is 294 g/mol. The van der Waals surface area contributed by atoms with Crippen molar-refractivity contribution in [3.05, 3.63) is 23.0 Å². The van der Waals surface area contributed by atoms with Crippen LogP contribution in [0, 0.1) is 12.8 Å². The Labute approximate surface area is 123 Å². The summed E-state index contributed by atoms with van der Waals surface area (Å²) in [6.07, 6.45) is 2.01. The normalized spacial score (nSPS) is 13.1. The zero-order valence-corrected chi connectivity index (χ0v) is 13.3. The van der Waals surface area contributed by atoms with E-state index in [1.165, 1.54) is 0 Å². The first-order valence-electron chi connectivity index (χ1n) is 6.91. The van der Waals surface area contributed by atoms with E-state index >= 15 is 0 Å². The van der Waals surface area contributed by atoms with Crippen LogP contribution in [0.2, 0.25) is 0 Å². The van der Waals surface area contributed by atoms with Crippen LogP contribution in [0.3, 0.4) is 0 Å². The van der Waals surface area contributed by atoms with Gasteiger partial charge in [0.25, 0.3) is 0 Å².